The zero-order chi connectivity index (χ0) is 38.1. The van der Waals surface area contributed by atoms with E-state index in [1.54, 1.807) is 11.1 Å². The Morgan fingerprint density at radius 2 is 1.41 bits per heavy atom. The van der Waals surface area contributed by atoms with Crippen LogP contribution in [-0.2, 0) is 35.3 Å². The molecule has 6 rings (SSSR count). The Morgan fingerprint density at radius 1 is 0.759 bits per heavy atom. The summed E-state index contributed by atoms with van der Waals surface area (Å²) in [4.78, 5) is 39.1. The van der Waals surface area contributed by atoms with E-state index >= 15 is 0 Å². The monoisotopic (exact) mass is 730 g/mol. The van der Waals surface area contributed by atoms with E-state index in [1.807, 2.05) is 77.7 Å². The van der Waals surface area contributed by atoms with Crippen molar-refractivity contribution in [3.05, 3.63) is 167 Å². The van der Waals surface area contributed by atoms with Gasteiger partial charge in [0, 0.05) is 63.5 Å². The minimum atomic E-state index is -4.46. The van der Waals surface area contributed by atoms with E-state index in [2.05, 4.69) is 48.0 Å². The third-order valence-corrected chi connectivity index (χ3v) is 9.88. The highest BCUT2D eigenvalue weighted by atomic mass is 19.4. The second kappa shape index (κ2) is 17.5. The van der Waals surface area contributed by atoms with Crippen LogP contribution in [0, 0.1) is 0 Å². The first-order valence-electron chi connectivity index (χ1n) is 18.3. The van der Waals surface area contributed by atoms with E-state index in [0.717, 1.165) is 41.1 Å². The first kappa shape index (κ1) is 38.2. The average Bonchev–Trinajstić information content (AvgIpc) is 3.19. The van der Waals surface area contributed by atoms with Crippen molar-refractivity contribution >= 4 is 17.9 Å². The van der Waals surface area contributed by atoms with Crippen molar-refractivity contribution in [1.29, 1.82) is 0 Å². The number of hydrogen-bond donors (Lipinski definition) is 0. The molecule has 54 heavy (non-hydrogen) atoms. The molecule has 1 aromatic heterocycles. The molecule has 1 fully saturated rings. The molecule has 1 aliphatic heterocycles. The molecular weight excluding hydrogens is 686 g/mol. The molecule has 2 heterocycles. The van der Waals surface area contributed by atoms with Crippen LogP contribution in [0.25, 0.3) is 17.3 Å². The smallest absolute Gasteiger partial charge is 0.338 e. The molecule has 9 heteroatoms. The summed E-state index contributed by atoms with van der Waals surface area (Å²) in [6, 6.07) is 35.6. The molecule has 1 atom stereocenters. The Hall–Kier alpha value is -5.54. The summed E-state index contributed by atoms with van der Waals surface area (Å²) in [6.07, 6.45) is 0.412. The molecule has 5 aromatic rings. The fraction of sp³-hybridized carbons (Fsp3) is 0.267. The Balaban J connectivity index is 1.25. The van der Waals surface area contributed by atoms with E-state index in [1.165, 1.54) is 35.4 Å². The number of piperazine rings is 1. The Kier molecular flexibility index (Phi) is 12.4. The van der Waals surface area contributed by atoms with E-state index in [0.29, 0.717) is 44.1 Å². The summed E-state index contributed by atoms with van der Waals surface area (Å²) in [5.41, 5.74) is 5.68. The fourth-order valence-electron chi connectivity index (χ4n) is 6.67. The third kappa shape index (κ3) is 10.1. The number of aromatic nitrogens is 1. The third-order valence-electron chi connectivity index (χ3n) is 9.88. The van der Waals surface area contributed by atoms with Gasteiger partial charge in [-0.15, -0.1) is 0 Å². The van der Waals surface area contributed by atoms with Crippen molar-refractivity contribution in [2.24, 2.45) is 0 Å². The number of pyridine rings is 1. The second-order valence-corrected chi connectivity index (χ2v) is 14.0. The lowest BCUT2D eigenvalue weighted by Crippen LogP contribution is -2.56. The predicted octanol–water partition coefficient (Wildman–Crippen LogP) is 8.89. The molecular formula is C45H45F3N4O2. The summed E-state index contributed by atoms with van der Waals surface area (Å²) in [5, 5.41) is 0. The number of benzene rings is 4. The van der Waals surface area contributed by atoms with Crippen molar-refractivity contribution < 1.29 is 22.8 Å². The minimum Gasteiger partial charge on any atom is -0.338 e. The van der Waals surface area contributed by atoms with Gasteiger partial charge in [0.05, 0.1) is 11.3 Å². The Labute approximate surface area is 315 Å². The van der Waals surface area contributed by atoms with Crippen LogP contribution in [0.2, 0.25) is 0 Å². The quantitative estimate of drug-likeness (QED) is 0.120. The van der Waals surface area contributed by atoms with Gasteiger partial charge in [-0.3, -0.25) is 19.5 Å². The molecule has 0 unspecified atom stereocenters. The molecule has 1 aliphatic rings. The lowest BCUT2D eigenvalue weighted by molar-refractivity contribution is -0.145. The highest BCUT2D eigenvalue weighted by Gasteiger charge is 2.34. The standard InChI is InChI=1S/C45H45F3N4O2/c1-33(2)38-18-11-36(12-19-38)31-50-26-28-51(29-27-50)44(54)42(30-35-8-4-3-5-9-35)52(32-37-13-20-39(21-14-37)41-10-6-7-25-49-41)43(53)24-17-34-15-22-40(23-16-34)45(46,47)48/h3-25,33,42H,26-32H2,1-2H3/t42-/m0/s1. The van der Waals surface area contributed by atoms with Crippen LogP contribution in [0.4, 0.5) is 13.2 Å². The SMILES string of the molecule is CC(C)c1ccc(CN2CCN(C(=O)[C@H](Cc3ccccc3)N(Cc3ccc(-c4ccccn4)cc3)C(=O)C=Cc3ccc(C(F)(F)F)cc3)CC2)cc1. The molecule has 0 N–H and O–H groups in total. The maximum absolute atomic E-state index is 14.6. The van der Waals surface area contributed by atoms with Gasteiger partial charge in [-0.05, 0) is 64.1 Å². The van der Waals surface area contributed by atoms with Crippen LogP contribution >= 0.6 is 0 Å². The van der Waals surface area contributed by atoms with Gasteiger partial charge in [-0.25, -0.2) is 0 Å². The Morgan fingerprint density at radius 3 is 2.02 bits per heavy atom. The molecule has 0 radical (unpaired) electrons. The van der Waals surface area contributed by atoms with Crippen LogP contribution in [0.1, 0.15) is 53.1 Å². The lowest BCUT2D eigenvalue weighted by atomic mass is 10.0. The first-order chi connectivity index (χ1) is 26.0. The predicted molar refractivity (Wildman–Crippen MR) is 207 cm³/mol. The number of carbonyl (C=O) groups excluding carboxylic acids is 2. The van der Waals surface area contributed by atoms with E-state index < -0.39 is 23.7 Å². The highest BCUT2D eigenvalue weighted by molar-refractivity contribution is 5.95. The summed E-state index contributed by atoms with van der Waals surface area (Å²) in [6.45, 7) is 7.75. The zero-order valence-electron chi connectivity index (χ0n) is 30.6. The summed E-state index contributed by atoms with van der Waals surface area (Å²) in [5.74, 6) is -0.0854. The van der Waals surface area contributed by atoms with Gasteiger partial charge >= 0.3 is 6.18 Å². The van der Waals surface area contributed by atoms with Crippen molar-refractivity contribution in [2.75, 3.05) is 26.2 Å². The zero-order valence-corrected chi connectivity index (χ0v) is 30.6. The second-order valence-electron chi connectivity index (χ2n) is 14.0. The largest absolute Gasteiger partial charge is 0.416 e. The molecule has 2 amide bonds. The Bertz CT molecular complexity index is 1990. The topological polar surface area (TPSA) is 56.8 Å². The first-order valence-corrected chi connectivity index (χ1v) is 18.3. The van der Waals surface area contributed by atoms with Gasteiger partial charge in [-0.2, -0.15) is 13.2 Å². The van der Waals surface area contributed by atoms with Gasteiger partial charge in [0.1, 0.15) is 6.04 Å². The highest BCUT2D eigenvalue weighted by Crippen LogP contribution is 2.29. The number of nitrogens with zero attached hydrogens (tertiary/aromatic N) is 4. The molecule has 1 saturated heterocycles. The normalized spacial score (nSPS) is 14.4. The molecule has 0 bridgehead atoms. The van der Waals surface area contributed by atoms with E-state index in [4.69, 9.17) is 0 Å². The van der Waals surface area contributed by atoms with Crippen LogP contribution in [-0.4, -0.2) is 63.7 Å². The van der Waals surface area contributed by atoms with E-state index in [-0.39, 0.29) is 12.5 Å². The molecule has 4 aromatic carbocycles. The van der Waals surface area contributed by atoms with Crippen LogP contribution in [0.15, 0.2) is 134 Å². The van der Waals surface area contributed by atoms with Crippen molar-refractivity contribution in [2.45, 2.75) is 51.5 Å². The van der Waals surface area contributed by atoms with Gasteiger partial charge in [0.15, 0.2) is 0 Å². The van der Waals surface area contributed by atoms with Crippen LogP contribution in [0.3, 0.4) is 0 Å². The lowest BCUT2D eigenvalue weighted by Gasteiger charge is -2.39. The number of rotatable bonds is 12. The van der Waals surface area contributed by atoms with Gasteiger partial charge in [0.25, 0.3) is 0 Å². The summed E-state index contributed by atoms with van der Waals surface area (Å²) < 4.78 is 39.6. The molecule has 0 aliphatic carbocycles. The van der Waals surface area contributed by atoms with Crippen LogP contribution < -0.4 is 0 Å². The molecule has 278 valence electrons. The number of amides is 2. The summed E-state index contributed by atoms with van der Waals surface area (Å²) >= 11 is 0. The number of halogens is 3. The average molecular weight is 731 g/mol. The van der Waals surface area contributed by atoms with Crippen molar-refractivity contribution in [3.8, 4) is 11.3 Å². The van der Waals surface area contributed by atoms with Gasteiger partial charge < -0.3 is 9.80 Å². The number of hydrogen-bond acceptors (Lipinski definition) is 4. The van der Waals surface area contributed by atoms with Gasteiger partial charge in [0.2, 0.25) is 11.8 Å². The fourth-order valence-corrected chi connectivity index (χ4v) is 6.67. The maximum Gasteiger partial charge on any atom is 0.416 e. The number of alkyl halides is 3. The summed E-state index contributed by atoms with van der Waals surface area (Å²) in [7, 11) is 0. The number of carbonyl (C=O) groups is 2. The van der Waals surface area contributed by atoms with Crippen molar-refractivity contribution in [3.63, 3.8) is 0 Å². The molecule has 6 nitrogen and oxygen atoms in total. The van der Waals surface area contributed by atoms with E-state index in [9.17, 15) is 22.8 Å². The molecule has 0 spiro atoms. The molecule has 0 saturated carbocycles. The van der Waals surface area contributed by atoms with Gasteiger partial charge in [-0.1, -0.05) is 111 Å². The van der Waals surface area contributed by atoms with Crippen LogP contribution in [0.5, 0.6) is 0 Å². The maximum atomic E-state index is 14.6. The minimum absolute atomic E-state index is 0.138. The van der Waals surface area contributed by atoms with Crippen molar-refractivity contribution in [1.82, 2.24) is 19.7 Å².